The Balaban J connectivity index is 1.58. The van der Waals surface area contributed by atoms with Gasteiger partial charge in [-0.25, -0.2) is 8.42 Å². The highest BCUT2D eigenvalue weighted by Crippen LogP contribution is 2.36. The predicted molar refractivity (Wildman–Crippen MR) is 97.4 cm³/mol. The number of benzene rings is 2. The third-order valence-electron chi connectivity index (χ3n) is 4.48. The smallest absolute Gasteiger partial charge is 0.255 e. The maximum absolute atomic E-state index is 12.6. The second kappa shape index (κ2) is 5.91. The molecular formula is C18H18N2O5S. The molecule has 0 fully saturated rings. The number of ether oxygens (including phenoxy) is 2. The van der Waals surface area contributed by atoms with Gasteiger partial charge in [-0.1, -0.05) is 0 Å². The van der Waals surface area contributed by atoms with Gasteiger partial charge in [0.2, 0.25) is 16.8 Å². The number of amides is 1. The van der Waals surface area contributed by atoms with Crippen LogP contribution in [0.25, 0.3) is 0 Å². The number of carbonyl (C=O) groups excluding carboxylic acids is 1. The molecule has 0 radical (unpaired) electrons. The first-order chi connectivity index (χ1) is 12.3. The zero-order chi connectivity index (χ0) is 18.5. The number of sulfonamides is 1. The molecule has 7 nitrogen and oxygen atoms in total. The molecule has 0 saturated heterocycles. The van der Waals surface area contributed by atoms with Crippen molar-refractivity contribution in [3.63, 3.8) is 0 Å². The van der Waals surface area contributed by atoms with Gasteiger partial charge in [0.15, 0.2) is 11.5 Å². The molecule has 1 unspecified atom stereocenters. The molecule has 2 aliphatic heterocycles. The van der Waals surface area contributed by atoms with Crippen molar-refractivity contribution in [3.8, 4) is 11.5 Å². The minimum Gasteiger partial charge on any atom is -0.454 e. The summed E-state index contributed by atoms with van der Waals surface area (Å²) in [6, 6.07) is 10.1. The number of hydrogen-bond donors (Lipinski definition) is 1. The quantitative estimate of drug-likeness (QED) is 0.892. The largest absolute Gasteiger partial charge is 0.454 e. The van der Waals surface area contributed by atoms with Crippen LogP contribution < -0.4 is 19.1 Å². The topological polar surface area (TPSA) is 84.9 Å². The molecule has 1 N–H and O–H groups in total. The van der Waals surface area contributed by atoms with Crippen molar-refractivity contribution in [2.45, 2.75) is 19.4 Å². The standard InChI is InChI=1S/C18H18N2O5S/c1-11-7-13-8-12(3-5-15(13)20(11)26(2,22)23)18(21)19-14-4-6-16-17(9-14)25-10-24-16/h3-6,8-9,11H,7,10H2,1-2H3,(H,19,21). The van der Waals surface area contributed by atoms with Gasteiger partial charge in [-0.05, 0) is 49.2 Å². The highest BCUT2D eigenvalue weighted by molar-refractivity contribution is 7.92. The first-order valence-corrected chi connectivity index (χ1v) is 10.0. The van der Waals surface area contributed by atoms with Crippen LogP contribution in [-0.4, -0.2) is 33.4 Å². The van der Waals surface area contributed by atoms with Crippen LogP contribution >= 0.6 is 0 Å². The summed E-state index contributed by atoms with van der Waals surface area (Å²) in [6.07, 6.45) is 1.77. The van der Waals surface area contributed by atoms with E-state index < -0.39 is 10.0 Å². The van der Waals surface area contributed by atoms with Crippen LogP contribution in [0, 0.1) is 0 Å². The number of carbonyl (C=O) groups is 1. The van der Waals surface area contributed by atoms with E-state index in [1.54, 1.807) is 36.4 Å². The zero-order valence-corrected chi connectivity index (χ0v) is 15.2. The summed E-state index contributed by atoms with van der Waals surface area (Å²) in [5.41, 5.74) is 2.57. The Bertz CT molecular complexity index is 1000. The van der Waals surface area contributed by atoms with E-state index in [1.807, 2.05) is 6.92 Å². The number of hydrogen-bond acceptors (Lipinski definition) is 5. The van der Waals surface area contributed by atoms with Gasteiger partial charge >= 0.3 is 0 Å². The van der Waals surface area contributed by atoms with E-state index in [0.717, 1.165) is 5.56 Å². The van der Waals surface area contributed by atoms with E-state index >= 15 is 0 Å². The Hall–Kier alpha value is -2.74. The molecular weight excluding hydrogens is 356 g/mol. The maximum Gasteiger partial charge on any atom is 0.255 e. The van der Waals surface area contributed by atoms with E-state index in [0.29, 0.717) is 34.9 Å². The number of nitrogens with one attached hydrogen (secondary N) is 1. The Kier molecular flexibility index (Phi) is 3.80. The minimum absolute atomic E-state index is 0.160. The monoisotopic (exact) mass is 374 g/mol. The minimum atomic E-state index is -3.35. The molecule has 26 heavy (non-hydrogen) atoms. The van der Waals surface area contributed by atoms with Crippen molar-refractivity contribution in [3.05, 3.63) is 47.5 Å². The molecule has 0 spiro atoms. The van der Waals surface area contributed by atoms with Crippen molar-refractivity contribution in [1.82, 2.24) is 0 Å². The number of fused-ring (bicyclic) bond motifs is 2. The van der Waals surface area contributed by atoms with Crippen LogP contribution in [0.1, 0.15) is 22.8 Å². The molecule has 2 aromatic rings. The van der Waals surface area contributed by atoms with Crippen molar-refractivity contribution in [2.75, 3.05) is 22.7 Å². The lowest BCUT2D eigenvalue weighted by molar-refractivity contribution is 0.102. The summed E-state index contributed by atoms with van der Waals surface area (Å²) in [5.74, 6) is 0.974. The molecule has 2 aromatic carbocycles. The summed E-state index contributed by atoms with van der Waals surface area (Å²) in [6.45, 7) is 2.03. The van der Waals surface area contributed by atoms with Crippen LogP contribution in [0.2, 0.25) is 0 Å². The van der Waals surface area contributed by atoms with Gasteiger partial charge in [-0.15, -0.1) is 0 Å². The van der Waals surface area contributed by atoms with E-state index in [9.17, 15) is 13.2 Å². The second-order valence-electron chi connectivity index (χ2n) is 6.48. The Morgan fingerprint density at radius 3 is 2.69 bits per heavy atom. The molecule has 0 aliphatic carbocycles. The lowest BCUT2D eigenvalue weighted by Crippen LogP contribution is -2.34. The molecule has 136 valence electrons. The summed E-state index contributed by atoms with van der Waals surface area (Å²) >= 11 is 0. The average Bonchev–Trinajstić information content (AvgIpc) is 3.15. The SMILES string of the molecule is CC1Cc2cc(C(=O)Nc3ccc4c(c3)OCO4)ccc2N1S(C)(=O)=O. The van der Waals surface area contributed by atoms with Gasteiger partial charge in [-0.2, -0.15) is 0 Å². The summed E-state index contributed by atoms with van der Waals surface area (Å²) < 4.78 is 35.9. The van der Waals surface area contributed by atoms with Gasteiger partial charge in [0, 0.05) is 23.4 Å². The van der Waals surface area contributed by atoms with Crippen LogP contribution in [0.15, 0.2) is 36.4 Å². The van der Waals surface area contributed by atoms with Crippen LogP contribution in [0.4, 0.5) is 11.4 Å². The van der Waals surface area contributed by atoms with Crippen LogP contribution in [-0.2, 0) is 16.4 Å². The Labute approximate surface area is 151 Å². The Morgan fingerprint density at radius 2 is 1.92 bits per heavy atom. The molecule has 0 saturated carbocycles. The highest BCUT2D eigenvalue weighted by Gasteiger charge is 2.32. The molecule has 1 amide bonds. The van der Waals surface area contributed by atoms with E-state index in [4.69, 9.17) is 9.47 Å². The molecule has 1 atom stereocenters. The van der Waals surface area contributed by atoms with E-state index in [-0.39, 0.29) is 18.7 Å². The fourth-order valence-electron chi connectivity index (χ4n) is 3.43. The van der Waals surface area contributed by atoms with E-state index in [1.165, 1.54) is 10.6 Å². The second-order valence-corrected chi connectivity index (χ2v) is 8.34. The molecule has 4 rings (SSSR count). The summed E-state index contributed by atoms with van der Waals surface area (Å²) in [7, 11) is -3.35. The van der Waals surface area contributed by atoms with Gasteiger partial charge in [-0.3, -0.25) is 9.10 Å². The third kappa shape index (κ3) is 2.86. The van der Waals surface area contributed by atoms with Gasteiger partial charge in [0.1, 0.15) is 0 Å². The summed E-state index contributed by atoms with van der Waals surface area (Å²) in [5, 5.41) is 2.83. The lowest BCUT2D eigenvalue weighted by atomic mass is 10.1. The molecule has 8 heteroatoms. The Morgan fingerprint density at radius 1 is 1.15 bits per heavy atom. The van der Waals surface area contributed by atoms with Crippen LogP contribution in [0.5, 0.6) is 11.5 Å². The lowest BCUT2D eigenvalue weighted by Gasteiger charge is -2.21. The molecule has 0 bridgehead atoms. The van der Waals surface area contributed by atoms with Gasteiger partial charge in [0.05, 0.1) is 11.9 Å². The molecule has 2 heterocycles. The van der Waals surface area contributed by atoms with E-state index in [2.05, 4.69) is 5.32 Å². The van der Waals surface area contributed by atoms with Crippen molar-refractivity contribution < 1.29 is 22.7 Å². The average molecular weight is 374 g/mol. The fourth-order valence-corrected chi connectivity index (χ4v) is 4.69. The van der Waals surface area contributed by atoms with Crippen molar-refractivity contribution >= 4 is 27.3 Å². The molecule has 0 aromatic heterocycles. The third-order valence-corrected chi connectivity index (χ3v) is 5.75. The first kappa shape index (κ1) is 16.7. The number of anilines is 2. The zero-order valence-electron chi connectivity index (χ0n) is 14.4. The first-order valence-electron chi connectivity index (χ1n) is 8.16. The van der Waals surface area contributed by atoms with Gasteiger partial charge < -0.3 is 14.8 Å². The number of nitrogens with zero attached hydrogens (tertiary/aromatic N) is 1. The normalized spacial score (nSPS) is 17.9. The van der Waals surface area contributed by atoms with Gasteiger partial charge in [0.25, 0.3) is 5.91 Å². The van der Waals surface area contributed by atoms with Crippen molar-refractivity contribution in [1.29, 1.82) is 0 Å². The maximum atomic E-state index is 12.6. The fraction of sp³-hybridized carbons (Fsp3) is 0.278. The number of rotatable bonds is 3. The van der Waals surface area contributed by atoms with Crippen molar-refractivity contribution in [2.24, 2.45) is 0 Å². The molecule has 2 aliphatic rings. The van der Waals surface area contributed by atoms with Crippen LogP contribution in [0.3, 0.4) is 0 Å². The predicted octanol–water partition coefficient (Wildman–Crippen LogP) is 2.38. The highest BCUT2D eigenvalue weighted by atomic mass is 32.2. The summed E-state index contributed by atoms with van der Waals surface area (Å²) in [4.78, 5) is 12.6.